The Hall–Kier alpha value is -0.830. The number of rotatable bonds is 4. The van der Waals surface area contributed by atoms with Gasteiger partial charge in [0.15, 0.2) is 0 Å². The lowest BCUT2D eigenvalue weighted by molar-refractivity contribution is -0.123. The number of fused-ring (bicyclic) bond motifs is 1. The van der Waals surface area contributed by atoms with Gasteiger partial charge in [-0.3, -0.25) is 4.79 Å². The van der Waals surface area contributed by atoms with Gasteiger partial charge in [0, 0.05) is 11.9 Å². The van der Waals surface area contributed by atoms with Crippen molar-refractivity contribution in [3.63, 3.8) is 0 Å². The Morgan fingerprint density at radius 2 is 2.18 bits per heavy atom. The molecule has 0 heterocycles. The third-order valence-electron chi connectivity index (χ3n) is 4.05. The van der Waals surface area contributed by atoms with Crippen LogP contribution in [0.15, 0.2) is 24.3 Å². The monoisotopic (exact) mass is 293 g/mol. The molecule has 1 fully saturated rings. The smallest absolute Gasteiger partial charge is 0.227 e. The van der Waals surface area contributed by atoms with Crippen molar-refractivity contribution in [2.45, 2.75) is 25.2 Å². The molecule has 90 valence electrons. The molecule has 2 aliphatic rings. The van der Waals surface area contributed by atoms with Crippen molar-refractivity contribution in [3.05, 3.63) is 35.4 Å². The number of amides is 1. The van der Waals surface area contributed by atoms with Crippen molar-refractivity contribution in [3.8, 4) is 0 Å². The van der Waals surface area contributed by atoms with E-state index in [4.69, 9.17) is 0 Å². The first kappa shape index (κ1) is 11.3. The molecule has 0 bridgehead atoms. The van der Waals surface area contributed by atoms with Crippen molar-refractivity contribution >= 4 is 21.8 Å². The highest BCUT2D eigenvalue weighted by molar-refractivity contribution is 9.09. The molecule has 3 heteroatoms. The van der Waals surface area contributed by atoms with E-state index in [9.17, 15) is 4.79 Å². The summed E-state index contributed by atoms with van der Waals surface area (Å²) in [7, 11) is 0. The molecule has 1 unspecified atom stereocenters. The third-order valence-corrected chi connectivity index (χ3v) is 5.24. The summed E-state index contributed by atoms with van der Waals surface area (Å²) in [4.78, 5) is 12.1. The van der Waals surface area contributed by atoms with Crippen molar-refractivity contribution in [1.82, 2.24) is 5.32 Å². The van der Waals surface area contributed by atoms with Crippen LogP contribution in [0.4, 0.5) is 0 Å². The summed E-state index contributed by atoms with van der Waals surface area (Å²) in [5.74, 6) is 0.299. The highest BCUT2D eigenvalue weighted by atomic mass is 79.9. The van der Waals surface area contributed by atoms with E-state index in [2.05, 4.69) is 33.4 Å². The molecule has 0 spiro atoms. The van der Waals surface area contributed by atoms with E-state index < -0.39 is 0 Å². The second-order valence-corrected chi connectivity index (χ2v) is 5.87. The average Bonchev–Trinajstić information content (AvgIpc) is 3.09. The van der Waals surface area contributed by atoms with E-state index in [1.54, 1.807) is 0 Å². The summed E-state index contributed by atoms with van der Waals surface area (Å²) >= 11 is 3.53. The van der Waals surface area contributed by atoms with E-state index in [1.807, 2.05) is 12.1 Å². The first-order chi connectivity index (χ1) is 8.24. The van der Waals surface area contributed by atoms with Crippen LogP contribution in [0, 0.1) is 5.41 Å². The predicted octanol–water partition coefficient (Wildman–Crippen LogP) is 2.62. The summed E-state index contributed by atoms with van der Waals surface area (Å²) < 4.78 is 0. The minimum absolute atomic E-state index is 0.0947. The maximum absolute atomic E-state index is 12.1. The molecule has 1 aromatic carbocycles. The normalized spacial score (nSPS) is 23.5. The Morgan fingerprint density at radius 1 is 1.41 bits per heavy atom. The second-order valence-electron chi connectivity index (χ2n) is 5.31. The molecule has 0 aliphatic heterocycles. The lowest BCUT2D eigenvalue weighted by Crippen LogP contribution is -2.38. The van der Waals surface area contributed by atoms with Crippen molar-refractivity contribution in [1.29, 1.82) is 0 Å². The minimum atomic E-state index is 0.0947. The van der Waals surface area contributed by atoms with Crippen LogP contribution in [0.2, 0.25) is 0 Å². The zero-order chi connectivity index (χ0) is 11.9. The Kier molecular flexibility index (Phi) is 2.74. The molecule has 3 rings (SSSR count). The summed E-state index contributed by atoms with van der Waals surface area (Å²) in [6.07, 6.45) is 3.38. The number of hydrogen-bond donors (Lipinski definition) is 1. The Bertz CT molecular complexity index is 453. The molecule has 1 aromatic rings. The lowest BCUT2D eigenvalue weighted by atomic mass is 9.77. The van der Waals surface area contributed by atoms with Gasteiger partial charge < -0.3 is 5.32 Å². The topological polar surface area (TPSA) is 29.1 Å². The fourth-order valence-corrected chi connectivity index (χ4v) is 3.18. The molecule has 1 saturated carbocycles. The fraction of sp³-hybridized carbons (Fsp3) is 0.500. The summed E-state index contributed by atoms with van der Waals surface area (Å²) in [5, 5.41) is 4.11. The fourth-order valence-electron chi connectivity index (χ4n) is 2.42. The summed E-state index contributed by atoms with van der Waals surface area (Å²) in [6, 6.07) is 8.23. The van der Waals surface area contributed by atoms with Crippen LogP contribution >= 0.6 is 15.9 Å². The van der Waals surface area contributed by atoms with Gasteiger partial charge in [-0.2, -0.15) is 0 Å². The van der Waals surface area contributed by atoms with Gasteiger partial charge in [-0.15, -0.1) is 0 Å². The van der Waals surface area contributed by atoms with E-state index in [0.29, 0.717) is 5.41 Å². The highest BCUT2D eigenvalue weighted by Crippen LogP contribution is 2.46. The molecule has 2 nitrogen and oxygen atoms in total. The molecule has 1 atom stereocenters. The molecular formula is C14H16BrNO. The first-order valence-corrected chi connectivity index (χ1v) is 7.28. The molecular weight excluding hydrogens is 278 g/mol. The molecule has 0 aromatic heterocycles. The molecule has 17 heavy (non-hydrogen) atoms. The van der Waals surface area contributed by atoms with Crippen LogP contribution < -0.4 is 5.32 Å². The average molecular weight is 294 g/mol. The van der Waals surface area contributed by atoms with Gasteiger partial charge in [-0.05, 0) is 35.8 Å². The molecule has 1 N–H and O–H groups in total. The number of nitrogens with one attached hydrogen (secondary N) is 1. The quantitative estimate of drug-likeness (QED) is 0.850. The van der Waals surface area contributed by atoms with Crippen molar-refractivity contribution < 1.29 is 4.79 Å². The van der Waals surface area contributed by atoms with Gasteiger partial charge in [0.1, 0.15) is 0 Å². The third kappa shape index (κ3) is 2.01. The number of carbonyl (C=O) groups is 1. The van der Waals surface area contributed by atoms with Gasteiger partial charge in [0.2, 0.25) is 5.91 Å². The SMILES string of the molecule is O=C(NCC1(CBr)CC1)C1Cc2ccccc21. The zero-order valence-electron chi connectivity index (χ0n) is 9.71. The number of benzene rings is 1. The van der Waals surface area contributed by atoms with Gasteiger partial charge in [-0.1, -0.05) is 40.2 Å². The highest BCUT2D eigenvalue weighted by Gasteiger charge is 2.42. The number of hydrogen-bond acceptors (Lipinski definition) is 1. The Labute approximate surface area is 110 Å². The van der Waals surface area contributed by atoms with Crippen molar-refractivity contribution in [2.24, 2.45) is 5.41 Å². The maximum Gasteiger partial charge on any atom is 0.227 e. The summed E-state index contributed by atoms with van der Waals surface area (Å²) in [6.45, 7) is 0.829. The van der Waals surface area contributed by atoms with Crippen LogP contribution in [0.3, 0.4) is 0 Å². The molecule has 2 aliphatic carbocycles. The van der Waals surface area contributed by atoms with Crippen LogP contribution in [0.1, 0.15) is 29.9 Å². The maximum atomic E-state index is 12.1. The van der Waals surface area contributed by atoms with E-state index in [0.717, 1.165) is 18.3 Å². The number of alkyl halides is 1. The predicted molar refractivity (Wildman–Crippen MR) is 71.4 cm³/mol. The minimum Gasteiger partial charge on any atom is -0.355 e. The Balaban J connectivity index is 1.58. The second kappa shape index (κ2) is 4.13. The standard InChI is InChI=1S/C14H16BrNO/c15-8-14(5-6-14)9-16-13(17)12-7-10-3-1-2-4-11(10)12/h1-4,12H,5-9H2,(H,16,17). The largest absolute Gasteiger partial charge is 0.355 e. The van der Waals surface area contributed by atoms with E-state index in [1.165, 1.54) is 24.0 Å². The lowest BCUT2D eigenvalue weighted by Gasteiger charge is -2.29. The van der Waals surface area contributed by atoms with Gasteiger partial charge in [0.25, 0.3) is 0 Å². The van der Waals surface area contributed by atoms with Gasteiger partial charge >= 0.3 is 0 Å². The molecule has 0 saturated heterocycles. The molecule has 0 radical (unpaired) electrons. The van der Waals surface area contributed by atoms with E-state index >= 15 is 0 Å². The van der Waals surface area contributed by atoms with Crippen LogP contribution in [0.5, 0.6) is 0 Å². The first-order valence-electron chi connectivity index (χ1n) is 6.16. The molecule has 1 amide bonds. The van der Waals surface area contributed by atoms with Crippen molar-refractivity contribution in [2.75, 3.05) is 11.9 Å². The summed E-state index contributed by atoms with van der Waals surface area (Å²) in [5.41, 5.74) is 2.90. The zero-order valence-corrected chi connectivity index (χ0v) is 11.3. The van der Waals surface area contributed by atoms with Gasteiger partial charge in [0.05, 0.1) is 5.92 Å². The van der Waals surface area contributed by atoms with Crippen LogP contribution in [-0.4, -0.2) is 17.8 Å². The van der Waals surface area contributed by atoms with Crippen LogP contribution in [-0.2, 0) is 11.2 Å². The number of halogens is 1. The number of carbonyl (C=O) groups excluding carboxylic acids is 1. The Morgan fingerprint density at radius 3 is 2.82 bits per heavy atom. The van der Waals surface area contributed by atoms with Gasteiger partial charge in [-0.25, -0.2) is 0 Å². The van der Waals surface area contributed by atoms with Crippen LogP contribution in [0.25, 0.3) is 0 Å². The van der Waals surface area contributed by atoms with E-state index in [-0.39, 0.29) is 11.8 Å².